The molecule has 0 aliphatic heterocycles. The van der Waals surface area contributed by atoms with E-state index in [1.165, 1.54) is 31.2 Å². The number of nitrogens with zero attached hydrogens (tertiary/aromatic N) is 2. The number of hydrogen-bond acceptors (Lipinski definition) is 3. The van der Waals surface area contributed by atoms with Gasteiger partial charge in [-0.3, -0.25) is 5.10 Å². The van der Waals surface area contributed by atoms with Gasteiger partial charge in [-0.25, -0.2) is 0 Å². The third kappa shape index (κ3) is 4.77. The number of benzene rings is 1. The number of H-pyrrole nitrogens is 1. The maximum atomic E-state index is 6.51. The molecule has 0 saturated heterocycles. The monoisotopic (exact) mass is 361 g/mol. The van der Waals surface area contributed by atoms with Crippen molar-refractivity contribution in [3.8, 4) is 17.0 Å². The zero-order chi connectivity index (χ0) is 17.8. The first-order chi connectivity index (χ1) is 12.1. The Kier molecular flexibility index (Phi) is 6.02. The van der Waals surface area contributed by atoms with Crippen molar-refractivity contribution in [3.05, 3.63) is 34.5 Å². The number of unbranched alkanes of at least 4 members (excludes halogenated alkanes) is 1. The highest BCUT2D eigenvalue weighted by Crippen LogP contribution is 2.36. The van der Waals surface area contributed by atoms with Crippen molar-refractivity contribution < 1.29 is 4.74 Å². The van der Waals surface area contributed by atoms with Crippen LogP contribution in [0.1, 0.15) is 43.7 Å². The van der Waals surface area contributed by atoms with Crippen molar-refractivity contribution in [2.75, 3.05) is 20.2 Å². The first-order valence-corrected chi connectivity index (χ1v) is 9.60. The summed E-state index contributed by atoms with van der Waals surface area (Å²) in [6.07, 6.45) is 6.88. The highest BCUT2D eigenvalue weighted by molar-refractivity contribution is 6.32. The molecule has 0 amide bonds. The maximum absolute atomic E-state index is 6.51. The average molecular weight is 362 g/mol. The molecule has 0 unspecified atom stereocenters. The van der Waals surface area contributed by atoms with Gasteiger partial charge in [0.25, 0.3) is 0 Å². The van der Waals surface area contributed by atoms with Crippen LogP contribution in [-0.2, 0) is 6.54 Å². The zero-order valence-corrected chi connectivity index (χ0v) is 16.2. The van der Waals surface area contributed by atoms with Gasteiger partial charge in [0.2, 0.25) is 0 Å². The van der Waals surface area contributed by atoms with Gasteiger partial charge in [-0.1, -0.05) is 24.9 Å². The molecule has 4 nitrogen and oxygen atoms in total. The van der Waals surface area contributed by atoms with Crippen LogP contribution in [-0.4, -0.2) is 35.3 Å². The molecule has 1 aliphatic carbocycles. The lowest BCUT2D eigenvalue weighted by molar-refractivity contribution is 0.298. The molecule has 0 radical (unpaired) electrons. The molecule has 2 aromatic rings. The van der Waals surface area contributed by atoms with Gasteiger partial charge in [-0.15, -0.1) is 0 Å². The normalized spacial score (nSPS) is 14.3. The summed E-state index contributed by atoms with van der Waals surface area (Å²) < 4.78 is 5.94. The number of aromatic amines is 1. The van der Waals surface area contributed by atoms with Crippen LogP contribution in [0.25, 0.3) is 11.3 Å². The molecule has 0 atom stereocenters. The summed E-state index contributed by atoms with van der Waals surface area (Å²) in [5.41, 5.74) is 4.38. The van der Waals surface area contributed by atoms with E-state index in [1.807, 2.05) is 12.3 Å². The van der Waals surface area contributed by atoms with Gasteiger partial charge in [0.15, 0.2) is 0 Å². The number of aryl methyl sites for hydroxylation is 1. The number of hydrogen-bond donors (Lipinski definition) is 1. The number of ether oxygens (including phenoxy) is 1. The van der Waals surface area contributed by atoms with Gasteiger partial charge in [-0.2, -0.15) is 5.10 Å². The van der Waals surface area contributed by atoms with Crippen LogP contribution in [0.5, 0.6) is 5.75 Å². The van der Waals surface area contributed by atoms with E-state index < -0.39 is 0 Å². The second-order valence-corrected chi connectivity index (χ2v) is 7.63. The molecule has 1 aromatic heterocycles. The van der Waals surface area contributed by atoms with E-state index in [1.54, 1.807) is 0 Å². The molecule has 1 saturated carbocycles. The first-order valence-electron chi connectivity index (χ1n) is 9.22. The summed E-state index contributed by atoms with van der Waals surface area (Å²) in [5.74, 6) is 1.53. The van der Waals surface area contributed by atoms with Crippen molar-refractivity contribution >= 4 is 11.6 Å². The third-order valence-electron chi connectivity index (χ3n) is 4.73. The Hall–Kier alpha value is -1.52. The second-order valence-electron chi connectivity index (χ2n) is 7.22. The zero-order valence-electron chi connectivity index (χ0n) is 15.4. The lowest BCUT2D eigenvalue weighted by atomic mass is 10.0. The number of halogens is 1. The smallest absolute Gasteiger partial charge is 0.140 e. The van der Waals surface area contributed by atoms with Gasteiger partial charge < -0.3 is 9.64 Å². The third-order valence-corrected chi connectivity index (χ3v) is 5.01. The fourth-order valence-corrected chi connectivity index (χ4v) is 3.34. The molecule has 1 N–H and O–H groups in total. The molecule has 1 aromatic carbocycles. The Morgan fingerprint density at radius 1 is 1.36 bits per heavy atom. The van der Waals surface area contributed by atoms with Crippen molar-refractivity contribution in [1.82, 2.24) is 15.1 Å². The second kappa shape index (κ2) is 8.24. The summed E-state index contributed by atoms with van der Waals surface area (Å²) in [4.78, 5) is 2.33. The highest BCUT2D eigenvalue weighted by atomic mass is 35.5. The van der Waals surface area contributed by atoms with Gasteiger partial charge >= 0.3 is 0 Å². The van der Waals surface area contributed by atoms with Crippen LogP contribution >= 0.6 is 11.6 Å². The van der Waals surface area contributed by atoms with Crippen molar-refractivity contribution in [1.29, 1.82) is 0 Å². The molecule has 5 heteroatoms. The van der Waals surface area contributed by atoms with E-state index >= 15 is 0 Å². The number of nitrogens with one attached hydrogen (secondary N) is 1. The van der Waals surface area contributed by atoms with E-state index in [2.05, 4.69) is 42.1 Å². The minimum absolute atomic E-state index is 0.676. The maximum Gasteiger partial charge on any atom is 0.140 e. The quantitative estimate of drug-likeness (QED) is 0.678. The van der Waals surface area contributed by atoms with Crippen LogP contribution in [0.2, 0.25) is 5.02 Å². The molecule has 1 fully saturated rings. The molecule has 0 bridgehead atoms. The topological polar surface area (TPSA) is 41.2 Å². The first kappa shape index (κ1) is 18.3. The average Bonchev–Trinajstić information content (AvgIpc) is 3.29. The summed E-state index contributed by atoms with van der Waals surface area (Å²) in [6.45, 7) is 7.02. The van der Waals surface area contributed by atoms with Gasteiger partial charge in [0, 0.05) is 17.7 Å². The largest absolute Gasteiger partial charge is 0.491 e. The molecule has 25 heavy (non-hydrogen) atoms. The van der Waals surface area contributed by atoms with Crippen LogP contribution in [0, 0.1) is 12.8 Å². The molecule has 136 valence electrons. The predicted octanol–water partition coefficient (Wildman–Crippen LogP) is 5.06. The summed E-state index contributed by atoms with van der Waals surface area (Å²) in [6, 6.07) is 4.12. The molecule has 1 aliphatic rings. The van der Waals surface area contributed by atoms with E-state index in [-0.39, 0.29) is 0 Å². The lowest BCUT2D eigenvalue weighted by Gasteiger charge is -2.17. The minimum Gasteiger partial charge on any atom is -0.491 e. The number of aromatic nitrogens is 2. The van der Waals surface area contributed by atoms with Crippen molar-refractivity contribution in [2.24, 2.45) is 5.92 Å². The Morgan fingerprint density at radius 3 is 2.84 bits per heavy atom. The standard InChI is InChI=1S/C20H28ClN3O/c1-4-5-8-24(3)12-17-11-22-23-19(17)16-9-14(2)20(18(21)10-16)25-13-15-6-7-15/h9-11,15H,4-8,12-13H2,1-3H3,(H,22,23). The predicted molar refractivity (Wildman–Crippen MR) is 103 cm³/mol. The van der Waals surface area contributed by atoms with Crippen LogP contribution in [0.4, 0.5) is 0 Å². The summed E-state index contributed by atoms with van der Waals surface area (Å²) in [5, 5.41) is 8.07. The van der Waals surface area contributed by atoms with Crippen molar-refractivity contribution in [2.45, 2.75) is 46.1 Å². The Morgan fingerprint density at radius 2 is 2.16 bits per heavy atom. The van der Waals surface area contributed by atoms with Crippen molar-refractivity contribution in [3.63, 3.8) is 0 Å². The summed E-state index contributed by atoms with van der Waals surface area (Å²) >= 11 is 6.51. The van der Waals surface area contributed by atoms with Gasteiger partial charge in [0.05, 0.1) is 23.5 Å². The molecular weight excluding hydrogens is 334 g/mol. The van der Waals surface area contributed by atoms with Crippen LogP contribution in [0.15, 0.2) is 18.3 Å². The lowest BCUT2D eigenvalue weighted by Crippen LogP contribution is -2.19. The SMILES string of the molecule is CCCCN(C)Cc1cn[nH]c1-c1cc(C)c(OCC2CC2)c(Cl)c1. The highest BCUT2D eigenvalue weighted by Gasteiger charge is 2.23. The van der Waals surface area contributed by atoms with Crippen LogP contribution in [0.3, 0.4) is 0 Å². The van der Waals surface area contributed by atoms with Gasteiger partial charge in [-0.05, 0) is 63.4 Å². The fraction of sp³-hybridized carbons (Fsp3) is 0.550. The Balaban J connectivity index is 1.76. The Labute approximate surface area is 155 Å². The van der Waals surface area contributed by atoms with E-state index in [4.69, 9.17) is 16.3 Å². The van der Waals surface area contributed by atoms with Crippen LogP contribution < -0.4 is 4.74 Å². The van der Waals surface area contributed by atoms with Gasteiger partial charge in [0.1, 0.15) is 5.75 Å². The minimum atomic E-state index is 0.676. The Bertz CT molecular complexity index is 686. The van der Waals surface area contributed by atoms with E-state index in [0.29, 0.717) is 10.9 Å². The molecule has 0 spiro atoms. The van der Waals surface area contributed by atoms with E-state index in [0.717, 1.165) is 42.3 Å². The fourth-order valence-electron chi connectivity index (χ4n) is 3.02. The van der Waals surface area contributed by atoms with E-state index in [9.17, 15) is 0 Å². The number of rotatable bonds is 9. The molecule has 3 rings (SSSR count). The molecule has 1 heterocycles. The molecular formula is C20H28ClN3O. The summed E-state index contributed by atoms with van der Waals surface area (Å²) in [7, 11) is 2.15.